The van der Waals surface area contributed by atoms with Gasteiger partial charge in [-0.25, -0.2) is 17.6 Å². The molecule has 262 valence electrons. The molecule has 0 bridgehead atoms. The lowest BCUT2D eigenvalue weighted by Gasteiger charge is -2.48. The second-order valence-corrected chi connectivity index (χ2v) is 16.3. The number of nitriles is 1. The standard InChI is InChI=1S/C37H46FN5O5S/c1-3-35(44)42-19-16-32(24-42)49(46,47)31-12-10-30(11-13-31)43-22-26(23-43)21-41-17-14-27(15-18-41)37(25-39,28-6-4-7-29(38)20-28)33-8-5-9-34(33)40-36(45)48-2/h3-4,6-7,10-13,20,26-27,32-34H,1,5,8-9,14-19,21-24H2,2H3,(H,40,45)/t32?,33-,34-,37-/m0/s1. The molecule has 1 aliphatic carbocycles. The van der Waals surface area contributed by atoms with Gasteiger partial charge in [0, 0.05) is 56.3 Å². The Balaban J connectivity index is 1.05. The minimum atomic E-state index is -3.54. The van der Waals surface area contributed by atoms with Crippen molar-refractivity contribution in [3.05, 3.63) is 72.6 Å². The first-order chi connectivity index (χ1) is 23.6. The lowest BCUT2D eigenvalue weighted by Crippen LogP contribution is -2.55. The third-order valence-electron chi connectivity index (χ3n) is 11.4. The molecule has 3 heterocycles. The molecule has 0 aromatic heterocycles. The van der Waals surface area contributed by atoms with Gasteiger partial charge in [0.15, 0.2) is 9.84 Å². The van der Waals surface area contributed by atoms with Gasteiger partial charge in [0.2, 0.25) is 5.91 Å². The van der Waals surface area contributed by atoms with Gasteiger partial charge in [-0.3, -0.25) is 4.79 Å². The molecule has 1 saturated carbocycles. The number of nitrogens with one attached hydrogen (secondary N) is 1. The summed E-state index contributed by atoms with van der Waals surface area (Å²) in [5.74, 6) is -0.262. The molecule has 2 aromatic rings. The maximum atomic E-state index is 14.6. The van der Waals surface area contributed by atoms with Gasteiger partial charge >= 0.3 is 6.09 Å². The van der Waals surface area contributed by atoms with E-state index in [0.29, 0.717) is 24.4 Å². The zero-order chi connectivity index (χ0) is 34.8. The second kappa shape index (κ2) is 14.5. The van der Waals surface area contributed by atoms with Crippen LogP contribution in [0.25, 0.3) is 0 Å². The van der Waals surface area contributed by atoms with Crippen LogP contribution in [0.5, 0.6) is 0 Å². The summed E-state index contributed by atoms with van der Waals surface area (Å²) in [7, 11) is -2.21. The fraction of sp³-hybridized carbons (Fsp3) is 0.541. The minimum absolute atomic E-state index is 0.0167. The molecular weight excluding hydrogens is 646 g/mol. The van der Waals surface area contributed by atoms with E-state index in [1.54, 1.807) is 18.2 Å². The third kappa shape index (κ3) is 6.93. The first-order valence-electron chi connectivity index (χ1n) is 17.3. The van der Waals surface area contributed by atoms with Crippen molar-refractivity contribution in [3.63, 3.8) is 0 Å². The van der Waals surface area contributed by atoms with Gasteiger partial charge in [-0.2, -0.15) is 5.26 Å². The summed E-state index contributed by atoms with van der Waals surface area (Å²) in [5.41, 5.74) is 0.756. The number of carbonyl (C=O) groups excluding carboxylic acids is 2. The molecule has 2 amide bonds. The number of methoxy groups -OCH3 is 1. The number of sulfone groups is 1. The average Bonchev–Trinajstić information content (AvgIpc) is 3.79. The van der Waals surface area contributed by atoms with Gasteiger partial charge in [0.1, 0.15) is 5.82 Å². The number of benzene rings is 2. The first kappa shape index (κ1) is 34.9. The van der Waals surface area contributed by atoms with Crippen molar-refractivity contribution in [3.8, 4) is 6.07 Å². The molecule has 1 N–H and O–H groups in total. The Morgan fingerprint density at radius 1 is 1.06 bits per heavy atom. The maximum absolute atomic E-state index is 14.6. The van der Waals surface area contributed by atoms with E-state index in [9.17, 15) is 27.7 Å². The topological polar surface area (TPSA) is 123 Å². The fourth-order valence-electron chi connectivity index (χ4n) is 8.81. The number of ether oxygens (including phenoxy) is 1. The number of likely N-dealkylation sites (tertiary alicyclic amines) is 2. The Morgan fingerprint density at radius 3 is 2.45 bits per heavy atom. The molecule has 4 aliphatic rings. The van der Waals surface area contributed by atoms with Crippen LogP contribution < -0.4 is 10.2 Å². The smallest absolute Gasteiger partial charge is 0.407 e. The molecule has 4 atom stereocenters. The lowest BCUT2D eigenvalue weighted by molar-refractivity contribution is -0.124. The molecule has 3 aliphatic heterocycles. The molecule has 3 saturated heterocycles. The van der Waals surface area contributed by atoms with Gasteiger partial charge in [-0.15, -0.1) is 0 Å². The Bertz CT molecular complexity index is 1680. The normalized spacial score (nSPS) is 24.9. The summed E-state index contributed by atoms with van der Waals surface area (Å²) < 4.78 is 45.9. The number of rotatable bonds is 10. The van der Waals surface area contributed by atoms with E-state index >= 15 is 0 Å². The van der Waals surface area contributed by atoms with Gasteiger partial charge < -0.3 is 24.8 Å². The number of hydrogen-bond acceptors (Lipinski definition) is 8. The van der Waals surface area contributed by atoms with Crippen LogP contribution >= 0.6 is 0 Å². The van der Waals surface area contributed by atoms with E-state index in [2.05, 4.69) is 27.8 Å². The summed E-state index contributed by atoms with van der Waals surface area (Å²) >= 11 is 0. The summed E-state index contributed by atoms with van der Waals surface area (Å²) in [5, 5.41) is 13.3. The fourth-order valence-corrected chi connectivity index (χ4v) is 10.5. The zero-order valence-electron chi connectivity index (χ0n) is 28.1. The summed E-state index contributed by atoms with van der Waals surface area (Å²) in [6.07, 6.45) is 5.16. The van der Waals surface area contributed by atoms with Crippen LogP contribution in [-0.2, 0) is 24.8 Å². The monoisotopic (exact) mass is 691 g/mol. The number of halogens is 1. The van der Waals surface area contributed by atoms with E-state index in [1.807, 2.05) is 18.2 Å². The van der Waals surface area contributed by atoms with Crippen LogP contribution in [0.1, 0.15) is 44.1 Å². The predicted molar refractivity (Wildman–Crippen MR) is 184 cm³/mol. The van der Waals surface area contributed by atoms with Crippen molar-refractivity contribution in [2.75, 3.05) is 57.8 Å². The zero-order valence-corrected chi connectivity index (χ0v) is 28.9. The van der Waals surface area contributed by atoms with E-state index in [1.165, 1.54) is 30.2 Å². The van der Waals surface area contributed by atoms with E-state index < -0.39 is 26.6 Å². The Labute approximate surface area is 288 Å². The third-order valence-corrected chi connectivity index (χ3v) is 13.6. The molecule has 0 radical (unpaired) electrons. The summed E-state index contributed by atoms with van der Waals surface area (Å²) in [6.45, 7) is 8.47. The molecule has 2 aromatic carbocycles. The van der Waals surface area contributed by atoms with Crippen molar-refractivity contribution >= 4 is 27.5 Å². The Hall–Kier alpha value is -3.95. The predicted octanol–water partition coefficient (Wildman–Crippen LogP) is 4.52. The average molecular weight is 692 g/mol. The van der Waals surface area contributed by atoms with Gasteiger partial charge in [0.05, 0.1) is 28.7 Å². The number of amides is 2. The highest BCUT2D eigenvalue weighted by atomic mass is 32.2. The molecule has 49 heavy (non-hydrogen) atoms. The van der Waals surface area contributed by atoms with Crippen molar-refractivity contribution in [1.29, 1.82) is 5.26 Å². The second-order valence-electron chi connectivity index (χ2n) is 14.1. The highest BCUT2D eigenvalue weighted by Crippen LogP contribution is 2.50. The number of anilines is 1. The number of piperidine rings is 1. The van der Waals surface area contributed by atoms with Gasteiger partial charge in [-0.1, -0.05) is 25.1 Å². The first-order valence-corrected chi connectivity index (χ1v) is 18.9. The quantitative estimate of drug-likeness (QED) is 0.361. The Morgan fingerprint density at radius 2 is 1.80 bits per heavy atom. The summed E-state index contributed by atoms with van der Waals surface area (Å²) in [6, 6.07) is 16.0. The molecular formula is C37H46FN5O5S. The van der Waals surface area contributed by atoms with Crippen LogP contribution in [0, 0.1) is 34.9 Å². The van der Waals surface area contributed by atoms with Crippen LogP contribution in [0.15, 0.2) is 66.1 Å². The number of hydrogen-bond donors (Lipinski definition) is 1. The van der Waals surface area contributed by atoms with E-state index in [-0.39, 0.29) is 41.0 Å². The molecule has 1 unspecified atom stereocenters. The largest absolute Gasteiger partial charge is 0.453 e. The Kier molecular flexibility index (Phi) is 10.3. The SMILES string of the molecule is C=CC(=O)N1CCC(S(=O)(=O)c2ccc(N3CC(CN4CCC([C@@](C#N)(c5cccc(F)c5)[C@H]5CCC[C@@H]5NC(=O)OC)CC4)C3)cc2)C1. The maximum Gasteiger partial charge on any atom is 0.407 e. The molecule has 0 spiro atoms. The summed E-state index contributed by atoms with van der Waals surface area (Å²) in [4.78, 5) is 30.7. The number of nitrogens with zero attached hydrogens (tertiary/aromatic N) is 4. The van der Waals surface area contributed by atoms with Crippen molar-refractivity contribution in [2.45, 2.75) is 60.1 Å². The van der Waals surface area contributed by atoms with Gasteiger partial charge in [0.25, 0.3) is 0 Å². The van der Waals surface area contributed by atoms with Gasteiger partial charge in [-0.05, 0) is 99.1 Å². The van der Waals surface area contributed by atoms with Crippen LogP contribution in [0.2, 0.25) is 0 Å². The number of carbonyl (C=O) groups is 2. The van der Waals surface area contributed by atoms with Crippen molar-refractivity contribution < 1.29 is 27.1 Å². The molecule has 4 fully saturated rings. The molecule has 6 rings (SSSR count). The van der Waals surface area contributed by atoms with Crippen LogP contribution in [-0.4, -0.2) is 94.4 Å². The van der Waals surface area contributed by atoms with Crippen LogP contribution in [0.4, 0.5) is 14.9 Å². The van der Waals surface area contributed by atoms with E-state index in [0.717, 1.165) is 70.5 Å². The minimum Gasteiger partial charge on any atom is -0.453 e. The lowest BCUT2D eigenvalue weighted by atomic mass is 9.59. The van der Waals surface area contributed by atoms with Crippen molar-refractivity contribution in [1.82, 2.24) is 15.1 Å². The number of alkyl carbamates (subject to hydrolysis) is 1. The highest BCUT2D eigenvalue weighted by molar-refractivity contribution is 7.92. The molecule has 10 nitrogen and oxygen atoms in total. The molecule has 12 heteroatoms. The highest BCUT2D eigenvalue weighted by Gasteiger charge is 2.53. The van der Waals surface area contributed by atoms with Crippen LogP contribution in [0.3, 0.4) is 0 Å². The van der Waals surface area contributed by atoms with E-state index in [4.69, 9.17) is 4.74 Å². The van der Waals surface area contributed by atoms with Crippen molar-refractivity contribution in [2.24, 2.45) is 17.8 Å².